The monoisotopic (exact) mass is 251 g/mol. The fraction of sp³-hybridized carbons (Fsp3) is 0.250. The Balaban J connectivity index is 3.20. The average molecular weight is 252 g/mol. The van der Waals surface area contributed by atoms with Crippen LogP contribution in [-0.2, 0) is 0 Å². The molecule has 0 fully saturated rings. The maximum atomic E-state index is 12.9. The zero-order valence-electron chi connectivity index (χ0n) is 6.60. The molecule has 13 heavy (non-hydrogen) atoms. The molecule has 0 bridgehead atoms. The Morgan fingerprint density at radius 1 is 1.54 bits per heavy atom. The maximum Gasteiger partial charge on any atom is 0.166 e. The van der Waals surface area contributed by atoms with Crippen molar-refractivity contribution < 1.29 is 13.9 Å². The molecule has 0 radical (unpaired) electrons. The molecule has 0 spiro atoms. The first kappa shape index (κ1) is 10.4. The van der Waals surface area contributed by atoms with Crippen LogP contribution in [0.1, 0.15) is 11.6 Å². The van der Waals surface area contributed by atoms with E-state index < -0.39 is 24.3 Å². The normalized spacial score (nSPS) is 12.9. The molecule has 1 rings (SSSR count). The third-order valence-electron chi connectivity index (χ3n) is 1.62. The van der Waals surface area contributed by atoms with Crippen molar-refractivity contribution in [2.75, 3.05) is 6.67 Å². The van der Waals surface area contributed by atoms with Gasteiger partial charge in [-0.1, -0.05) is 15.9 Å². The Labute approximate surface area is 82.5 Å². The number of hydrogen-bond donors (Lipinski definition) is 2. The summed E-state index contributed by atoms with van der Waals surface area (Å²) in [4.78, 5) is 0. The van der Waals surface area contributed by atoms with Crippen LogP contribution >= 0.6 is 15.9 Å². The second-order valence-electron chi connectivity index (χ2n) is 2.59. The van der Waals surface area contributed by atoms with Crippen molar-refractivity contribution in [1.29, 1.82) is 0 Å². The van der Waals surface area contributed by atoms with E-state index in [1.54, 1.807) is 0 Å². The molecule has 0 saturated carbocycles. The van der Waals surface area contributed by atoms with Crippen LogP contribution in [0.2, 0.25) is 0 Å². The van der Waals surface area contributed by atoms with E-state index in [4.69, 9.17) is 5.73 Å². The van der Waals surface area contributed by atoms with Gasteiger partial charge in [-0.2, -0.15) is 0 Å². The molecule has 0 unspecified atom stereocenters. The van der Waals surface area contributed by atoms with Gasteiger partial charge in [0.25, 0.3) is 0 Å². The van der Waals surface area contributed by atoms with Crippen LogP contribution in [0.5, 0.6) is 5.75 Å². The van der Waals surface area contributed by atoms with Crippen molar-refractivity contribution in [3.8, 4) is 5.75 Å². The summed E-state index contributed by atoms with van der Waals surface area (Å²) in [6, 6.07) is 1.49. The summed E-state index contributed by atoms with van der Waals surface area (Å²) in [6.45, 7) is -0.844. The van der Waals surface area contributed by atoms with Crippen molar-refractivity contribution in [2.45, 2.75) is 6.04 Å². The topological polar surface area (TPSA) is 46.2 Å². The smallest absolute Gasteiger partial charge is 0.166 e. The number of hydrogen-bond acceptors (Lipinski definition) is 2. The molecule has 0 heterocycles. The van der Waals surface area contributed by atoms with E-state index in [0.717, 1.165) is 6.07 Å². The van der Waals surface area contributed by atoms with E-state index in [2.05, 4.69) is 15.9 Å². The highest BCUT2D eigenvalue weighted by Gasteiger charge is 2.15. The molecule has 0 aliphatic rings. The van der Waals surface area contributed by atoms with E-state index in [-0.39, 0.29) is 5.56 Å². The molecule has 3 N–H and O–H groups in total. The van der Waals surface area contributed by atoms with Crippen LogP contribution in [0.15, 0.2) is 16.6 Å². The minimum atomic E-state index is -0.994. The van der Waals surface area contributed by atoms with Crippen molar-refractivity contribution in [3.05, 3.63) is 28.0 Å². The van der Waals surface area contributed by atoms with E-state index in [1.165, 1.54) is 6.07 Å². The largest absolute Gasteiger partial charge is 0.505 e. The number of halogens is 3. The van der Waals surface area contributed by atoms with E-state index >= 15 is 0 Å². The predicted octanol–water partition coefficient (Wildman–Crippen LogP) is 2.26. The lowest BCUT2D eigenvalue weighted by molar-refractivity contribution is 0.396. The van der Waals surface area contributed by atoms with Gasteiger partial charge >= 0.3 is 0 Å². The van der Waals surface area contributed by atoms with Crippen molar-refractivity contribution in [3.63, 3.8) is 0 Å². The summed E-state index contributed by atoms with van der Waals surface area (Å²) in [5, 5.41) is 9.18. The first-order valence-electron chi connectivity index (χ1n) is 3.55. The van der Waals surface area contributed by atoms with Gasteiger partial charge in [-0.25, -0.2) is 8.78 Å². The predicted molar refractivity (Wildman–Crippen MR) is 48.7 cm³/mol. The number of alkyl halides is 1. The number of rotatable bonds is 2. The molecule has 72 valence electrons. The molecule has 0 saturated heterocycles. The van der Waals surface area contributed by atoms with Crippen LogP contribution in [0, 0.1) is 5.82 Å². The fourth-order valence-corrected chi connectivity index (χ4v) is 1.40. The lowest BCUT2D eigenvalue weighted by atomic mass is 10.1. The zero-order valence-corrected chi connectivity index (χ0v) is 8.18. The summed E-state index contributed by atoms with van der Waals surface area (Å²) in [5.74, 6) is -1.40. The van der Waals surface area contributed by atoms with Crippen molar-refractivity contribution in [1.82, 2.24) is 0 Å². The number of aromatic hydroxyl groups is 1. The Bertz CT molecular complexity index is 319. The lowest BCUT2D eigenvalue weighted by Crippen LogP contribution is -2.12. The standard InChI is InChI=1S/C8H8BrF2NO/c9-4-1-5(7(12)3-10)8(13)6(11)2-4/h1-2,7,13H,3,12H2/t7-/m0/s1. The second kappa shape index (κ2) is 4.02. The van der Waals surface area contributed by atoms with Gasteiger partial charge in [0.2, 0.25) is 0 Å². The van der Waals surface area contributed by atoms with Gasteiger partial charge in [-0.05, 0) is 12.1 Å². The van der Waals surface area contributed by atoms with Crippen LogP contribution < -0.4 is 5.73 Å². The Hall–Kier alpha value is -0.680. The minimum Gasteiger partial charge on any atom is -0.505 e. The SMILES string of the molecule is N[C@@H](CF)c1cc(Br)cc(F)c1O. The summed E-state index contributed by atoms with van der Waals surface area (Å²) >= 11 is 3.02. The highest BCUT2D eigenvalue weighted by molar-refractivity contribution is 9.10. The Morgan fingerprint density at radius 3 is 2.69 bits per heavy atom. The van der Waals surface area contributed by atoms with Gasteiger partial charge in [-0.3, -0.25) is 0 Å². The van der Waals surface area contributed by atoms with E-state index in [0.29, 0.717) is 4.47 Å². The van der Waals surface area contributed by atoms with Crippen LogP contribution in [0.25, 0.3) is 0 Å². The molecule has 0 aliphatic heterocycles. The first-order valence-corrected chi connectivity index (χ1v) is 4.35. The average Bonchev–Trinajstić information content (AvgIpc) is 2.10. The van der Waals surface area contributed by atoms with Gasteiger partial charge in [0, 0.05) is 10.0 Å². The third kappa shape index (κ3) is 2.16. The summed E-state index contributed by atoms with van der Waals surface area (Å²) in [7, 11) is 0. The van der Waals surface area contributed by atoms with Crippen LogP contribution in [0.4, 0.5) is 8.78 Å². The van der Waals surface area contributed by atoms with E-state index in [1.807, 2.05) is 0 Å². The van der Waals surface area contributed by atoms with Crippen molar-refractivity contribution >= 4 is 15.9 Å². The van der Waals surface area contributed by atoms with E-state index in [9.17, 15) is 13.9 Å². The number of phenols is 1. The second-order valence-corrected chi connectivity index (χ2v) is 3.50. The molecule has 1 atom stereocenters. The molecule has 0 aromatic heterocycles. The van der Waals surface area contributed by atoms with Crippen LogP contribution in [-0.4, -0.2) is 11.8 Å². The third-order valence-corrected chi connectivity index (χ3v) is 2.08. The molecule has 0 aliphatic carbocycles. The van der Waals surface area contributed by atoms with Gasteiger partial charge in [0.15, 0.2) is 11.6 Å². The zero-order chi connectivity index (χ0) is 10.0. The fourth-order valence-electron chi connectivity index (χ4n) is 0.952. The van der Waals surface area contributed by atoms with Gasteiger partial charge in [-0.15, -0.1) is 0 Å². The van der Waals surface area contributed by atoms with Crippen LogP contribution in [0.3, 0.4) is 0 Å². The molecule has 5 heteroatoms. The highest BCUT2D eigenvalue weighted by Crippen LogP contribution is 2.29. The Kier molecular flexibility index (Phi) is 3.22. The summed E-state index contributed by atoms with van der Waals surface area (Å²) in [5.41, 5.74) is 5.37. The van der Waals surface area contributed by atoms with Gasteiger partial charge in [0.05, 0.1) is 6.04 Å². The molecule has 1 aromatic rings. The molecular formula is C8H8BrF2NO. The number of phenolic OH excluding ortho intramolecular Hbond substituents is 1. The lowest BCUT2D eigenvalue weighted by Gasteiger charge is -2.10. The minimum absolute atomic E-state index is 0.0642. The number of nitrogens with two attached hydrogens (primary N) is 1. The molecular weight excluding hydrogens is 244 g/mol. The molecule has 2 nitrogen and oxygen atoms in total. The highest BCUT2D eigenvalue weighted by atomic mass is 79.9. The van der Waals surface area contributed by atoms with Gasteiger partial charge in [0.1, 0.15) is 6.67 Å². The molecule has 1 aromatic carbocycles. The van der Waals surface area contributed by atoms with Crippen molar-refractivity contribution in [2.24, 2.45) is 5.73 Å². The Morgan fingerprint density at radius 2 is 2.15 bits per heavy atom. The summed E-state index contributed by atoms with van der Waals surface area (Å²) < 4.78 is 25.4. The maximum absolute atomic E-state index is 12.9. The first-order chi connectivity index (χ1) is 6.06. The molecule has 0 amide bonds. The number of benzene rings is 1. The van der Waals surface area contributed by atoms with Gasteiger partial charge < -0.3 is 10.8 Å². The summed E-state index contributed by atoms with van der Waals surface area (Å²) in [6.07, 6.45) is 0. The quantitative estimate of drug-likeness (QED) is 0.847.